The first-order valence-corrected chi connectivity index (χ1v) is 9.42. The maximum absolute atomic E-state index is 13.3. The Morgan fingerprint density at radius 2 is 2.20 bits per heavy atom. The van der Waals surface area contributed by atoms with Crippen LogP contribution in [-0.4, -0.2) is 62.5 Å². The van der Waals surface area contributed by atoms with E-state index in [1.54, 1.807) is 17.0 Å². The fraction of sp³-hybridized carbons (Fsp3) is 0.286. The number of oxime groups is 1. The molecule has 1 fully saturated rings. The van der Waals surface area contributed by atoms with Crippen molar-refractivity contribution in [2.75, 3.05) is 20.3 Å². The van der Waals surface area contributed by atoms with Gasteiger partial charge in [0.25, 0.3) is 5.91 Å². The monoisotopic (exact) mass is 404 g/mol. The minimum Gasteiger partial charge on any atom is -0.399 e. The third-order valence-electron chi connectivity index (χ3n) is 5.35. The third kappa shape index (κ3) is 3.17. The quantitative estimate of drug-likeness (QED) is 0.663. The summed E-state index contributed by atoms with van der Waals surface area (Å²) in [6, 6.07) is 10.8. The number of fused-ring (bicyclic) bond motifs is 1. The van der Waals surface area contributed by atoms with Gasteiger partial charge in [0.2, 0.25) is 0 Å². The Labute approximate surface area is 172 Å². The number of aromatic nitrogens is 3. The molecule has 152 valence electrons. The number of hydrogen-bond donors (Lipinski definition) is 1. The minimum atomic E-state index is -0.376. The Bertz CT molecular complexity index is 1190. The molecule has 30 heavy (non-hydrogen) atoms. The van der Waals surface area contributed by atoms with Crippen molar-refractivity contribution in [2.24, 2.45) is 5.16 Å². The zero-order valence-corrected chi connectivity index (χ0v) is 16.6. The first-order chi connectivity index (χ1) is 14.6. The molecule has 1 atom stereocenters. The molecule has 0 spiro atoms. The van der Waals surface area contributed by atoms with Gasteiger partial charge in [0.1, 0.15) is 19.1 Å². The van der Waals surface area contributed by atoms with Crippen LogP contribution in [0.5, 0.6) is 0 Å². The van der Waals surface area contributed by atoms with E-state index in [2.05, 4.69) is 21.3 Å². The number of carbonyl (C=O) groups is 1. The number of hydrogen-bond acceptors (Lipinski definition) is 7. The highest BCUT2D eigenvalue weighted by Gasteiger charge is 2.34. The maximum atomic E-state index is 13.3. The van der Waals surface area contributed by atoms with E-state index in [4.69, 9.17) is 4.84 Å². The van der Waals surface area contributed by atoms with Gasteiger partial charge in [-0.15, -0.1) is 0 Å². The predicted molar refractivity (Wildman–Crippen MR) is 109 cm³/mol. The lowest BCUT2D eigenvalue weighted by Crippen LogP contribution is -2.38. The lowest BCUT2D eigenvalue weighted by molar-refractivity contribution is 0.0671. The van der Waals surface area contributed by atoms with Crippen molar-refractivity contribution in [3.8, 4) is 17.2 Å². The molecule has 0 radical (unpaired) electrons. The summed E-state index contributed by atoms with van der Waals surface area (Å²) in [6.45, 7) is 1.99. The molecule has 1 aromatic carbocycles. The van der Waals surface area contributed by atoms with Gasteiger partial charge in [-0.2, -0.15) is 10.4 Å². The first kappa shape index (κ1) is 19.5. The number of nitriles is 1. The Morgan fingerprint density at radius 1 is 1.37 bits per heavy atom. The zero-order valence-electron chi connectivity index (χ0n) is 16.6. The summed E-state index contributed by atoms with van der Waals surface area (Å²) in [5.41, 5.74) is 4.60. The molecular weight excluding hydrogens is 384 g/mol. The molecule has 3 heterocycles. The summed E-state index contributed by atoms with van der Waals surface area (Å²) in [4.78, 5) is 24.0. The van der Waals surface area contributed by atoms with Crippen LogP contribution in [0.25, 0.3) is 16.8 Å². The van der Waals surface area contributed by atoms with E-state index < -0.39 is 0 Å². The fourth-order valence-corrected chi connectivity index (χ4v) is 3.85. The SMILES string of the molecule is CO/N=C1/C[C@@H](CO)N(C(=O)c2ccc(-c3cccc(C#N)c3C)c3ncnn23)C1. The first-order valence-electron chi connectivity index (χ1n) is 9.42. The van der Waals surface area contributed by atoms with Crippen molar-refractivity contribution in [3.05, 3.63) is 53.5 Å². The number of aliphatic hydroxyl groups is 1. The van der Waals surface area contributed by atoms with E-state index in [9.17, 15) is 15.2 Å². The van der Waals surface area contributed by atoms with Crippen LogP contribution in [-0.2, 0) is 4.84 Å². The van der Waals surface area contributed by atoms with Crippen molar-refractivity contribution < 1.29 is 14.7 Å². The molecule has 0 saturated carbocycles. The lowest BCUT2D eigenvalue weighted by atomic mass is 9.97. The largest absolute Gasteiger partial charge is 0.399 e. The second-order valence-corrected chi connectivity index (χ2v) is 7.03. The second kappa shape index (κ2) is 7.93. The Balaban J connectivity index is 1.78. The van der Waals surface area contributed by atoms with Crippen LogP contribution in [0, 0.1) is 18.3 Å². The number of pyridine rings is 1. The van der Waals surface area contributed by atoms with Gasteiger partial charge in [0.15, 0.2) is 5.65 Å². The van der Waals surface area contributed by atoms with Crippen LogP contribution < -0.4 is 0 Å². The fourth-order valence-electron chi connectivity index (χ4n) is 3.85. The van der Waals surface area contributed by atoms with E-state index in [-0.39, 0.29) is 25.1 Å². The molecular formula is C21H20N6O3. The highest BCUT2D eigenvalue weighted by Crippen LogP contribution is 2.29. The van der Waals surface area contributed by atoms with Crippen LogP contribution in [0.15, 0.2) is 41.8 Å². The summed E-state index contributed by atoms with van der Waals surface area (Å²) in [5, 5.41) is 27.2. The normalized spacial score (nSPS) is 17.5. The van der Waals surface area contributed by atoms with E-state index in [1.165, 1.54) is 18.0 Å². The second-order valence-electron chi connectivity index (χ2n) is 7.03. The molecule has 1 saturated heterocycles. The average molecular weight is 404 g/mol. The van der Waals surface area contributed by atoms with Crippen LogP contribution in [0.2, 0.25) is 0 Å². The van der Waals surface area contributed by atoms with Crippen molar-refractivity contribution in [2.45, 2.75) is 19.4 Å². The van der Waals surface area contributed by atoms with Crippen molar-refractivity contribution in [1.29, 1.82) is 5.26 Å². The molecule has 2 aromatic heterocycles. The number of rotatable bonds is 4. The van der Waals surface area contributed by atoms with Crippen LogP contribution in [0.4, 0.5) is 0 Å². The van der Waals surface area contributed by atoms with Crippen molar-refractivity contribution in [3.63, 3.8) is 0 Å². The number of nitrogens with zero attached hydrogens (tertiary/aromatic N) is 6. The molecule has 0 bridgehead atoms. The third-order valence-corrected chi connectivity index (χ3v) is 5.35. The van der Waals surface area contributed by atoms with Gasteiger partial charge in [-0.1, -0.05) is 17.3 Å². The van der Waals surface area contributed by atoms with Gasteiger partial charge in [0, 0.05) is 12.0 Å². The van der Waals surface area contributed by atoms with Crippen LogP contribution in [0.1, 0.15) is 28.0 Å². The topological polar surface area (TPSA) is 116 Å². The lowest BCUT2D eigenvalue weighted by Gasteiger charge is -2.22. The zero-order chi connectivity index (χ0) is 21.3. The average Bonchev–Trinajstić information content (AvgIpc) is 3.40. The van der Waals surface area contributed by atoms with Gasteiger partial charge >= 0.3 is 0 Å². The maximum Gasteiger partial charge on any atom is 0.273 e. The molecule has 3 aromatic rings. The number of carbonyl (C=O) groups excluding carboxylic acids is 1. The molecule has 1 N–H and O–H groups in total. The highest BCUT2D eigenvalue weighted by molar-refractivity contribution is 6.00. The van der Waals surface area contributed by atoms with Gasteiger partial charge < -0.3 is 14.8 Å². The summed E-state index contributed by atoms with van der Waals surface area (Å²) < 4.78 is 1.50. The molecule has 9 heteroatoms. The minimum absolute atomic E-state index is 0.173. The number of amides is 1. The molecule has 1 amide bonds. The van der Waals surface area contributed by atoms with Gasteiger partial charge in [0.05, 0.1) is 36.5 Å². The molecule has 0 aliphatic carbocycles. The van der Waals surface area contributed by atoms with Crippen LogP contribution in [0.3, 0.4) is 0 Å². The number of likely N-dealkylation sites (tertiary alicyclic amines) is 1. The highest BCUT2D eigenvalue weighted by atomic mass is 16.6. The Morgan fingerprint density at radius 3 is 2.93 bits per heavy atom. The Hall–Kier alpha value is -3.77. The van der Waals surface area contributed by atoms with Gasteiger partial charge in [-0.25, -0.2) is 9.50 Å². The molecule has 1 aliphatic heterocycles. The van der Waals surface area contributed by atoms with E-state index >= 15 is 0 Å². The molecule has 9 nitrogen and oxygen atoms in total. The van der Waals surface area contributed by atoms with Crippen LogP contribution >= 0.6 is 0 Å². The Kier molecular flexibility index (Phi) is 5.16. The molecule has 4 rings (SSSR count). The molecule has 0 unspecified atom stereocenters. The van der Waals surface area contributed by atoms with Crippen molar-refractivity contribution >= 4 is 17.3 Å². The number of aliphatic hydroxyl groups excluding tert-OH is 1. The van der Waals surface area contributed by atoms with Gasteiger partial charge in [-0.05, 0) is 36.2 Å². The van der Waals surface area contributed by atoms with E-state index in [1.807, 2.05) is 25.1 Å². The molecule has 1 aliphatic rings. The summed E-state index contributed by atoms with van der Waals surface area (Å²) in [5.74, 6) is -0.278. The van der Waals surface area contributed by atoms with Gasteiger partial charge in [-0.3, -0.25) is 4.79 Å². The summed E-state index contributed by atoms with van der Waals surface area (Å²) in [7, 11) is 1.45. The summed E-state index contributed by atoms with van der Waals surface area (Å²) >= 11 is 0. The van der Waals surface area contributed by atoms with Crippen molar-refractivity contribution in [1.82, 2.24) is 19.5 Å². The smallest absolute Gasteiger partial charge is 0.273 e. The predicted octanol–water partition coefficient (Wildman–Crippen LogP) is 1.79. The van der Waals surface area contributed by atoms with E-state index in [0.717, 1.165) is 16.7 Å². The van der Waals surface area contributed by atoms with E-state index in [0.29, 0.717) is 29.0 Å². The summed E-state index contributed by atoms with van der Waals surface area (Å²) in [6.07, 6.45) is 1.85. The standard InChI is InChI=1S/C21H20N6O3/c1-13-14(9-22)4-3-5-17(13)18-6-7-19(27-20(18)23-12-24-27)21(29)26-10-15(25-30-2)8-16(26)11-28/h3-7,12,16,28H,8,10-11H2,1-2H3/b25-15-/t16-/m0/s1. The number of benzene rings is 1.